The molecule has 2 rings (SSSR count). The minimum Gasteiger partial charge on any atom is -0.355 e. The highest BCUT2D eigenvalue weighted by atomic mass is 32.1. The van der Waals surface area contributed by atoms with Gasteiger partial charge < -0.3 is 9.84 Å². The predicted octanol–water partition coefficient (Wildman–Crippen LogP) is 3.59. The molecule has 1 atom stereocenters. The van der Waals surface area contributed by atoms with Crippen LogP contribution in [-0.4, -0.2) is 30.2 Å². The molecule has 2 heterocycles. The number of hydrogen-bond donors (Lipinski definition) is 1. The number of rotatable bonds is 11. The van der Waals surface area contributed by atoms with Crippen molar-refractivity contribution in [3.05, 3.63) is 39.1 Å². The van der Waals surface area contributed by atoms with Gasteiger partial charge in [-0.3, -0.25) is 4.79 Å². The molecule has 24 heavy (non-hydrogen) atoms. The van der Waals surface area contributed by atoms with Crippen LogP contribution in [0.4, 0.5) is 0 Å². The Hall–Kier alpha value is -2.42. The molecule has 0 aliphatic heterocycles. The third kappa shape index (κ3) is 5.34. The van der Waals surface area contributed by atoms with Crippen molar-refractivity contribution in [3.8, 4) is 10.6 Å². The molecule has 1 N–H and O–H groups in total. The zero-order valence-electron chi connectivity index (χ0n) is 13.0. The molecule has 0 spiro atoms. The summed E-state index contributed by atoms with van der Waals surface area (Å²) < 4.78 is 5.16. The molecule has 9 heteroatoms. The number of hydrogen-bond acceptors (Lipinski definition) is 8. The number of nitrogens with one attached hydrogen (secondary N) is 1. The van der Waals surface area contributed by atoms with E-state index in [0.29, 0.717) is 18.7 Å². The molecule has 0 saturated heterocycles. The second-order valence-electron chi connectivity index (χ2n) is 5.23. The van der Waals surface area contributed by atoms with Crippen LogP contribution in [0.3, 0.4) is 0 Å². The summed E-state index contributed by atoms with van der Waals surface area (Å²) in [4.78, 5) is 33.4. The first kappa shape index (κ1) is 17.9. The number of nitrogens with zero attached hydrogens (tertiary/aromatic N) is 3. The molecule has 0 radical (unpaired) electrons. The van der Waals surface area contributed by atoms with Gasteiger partial charge in [-0.1, -0.05) is 34.4 Å². The van der Waals surface area contributed by atoms with Crippen LogP contribution in [0.2, 0.25) is 0 Å². The summed E-state index contributed by atoms with van der Waals surface area (Å²) in [6, 6.07) is 4.88. The van der Waals surface area contributed by atoms with E-state index in [0.717, 1.165) is 24.1 Å². The maximum absolute atomic E-state index is 12.0. The Morgan fingerprint density at radius 1 is 1.33 bits per heavy atom. The van der Waals surface area contributed by atoms with Gasteiger partial charge in [0.15, 0.2) is 11.5 Å². The second-order valence-corrected chi connectivity index (χ2v) is 6.18. The molecule has 0 unspecified atom stereocenters. The van der Waals surface area contributed by atoms with E-state index in [1.807, 2.05) is 17.5 Å². The maximum atomic E-state index is 12.0. The number of carbonyl (C=O) groups is 1. The van der Waals surface area contributed by atoms with Gasteiger partial charge >= 0.3 is 0 Å². The molecule has 128 valence electrons. The lowest BCUT2D eigenvalue weighted by atomic mass is 10.1. The SMILES string of the molecule is O=NC[C@H](CCCCCNC(=O)c1cc(-c2cccs2)on1)N=O. The normalized spacial score (nSPS) is 11.8. The van der Waals surface area contributed by atoms with Gasteiger partial charge in [-0.15, -0.1) is 11.3 Å². The summed E-state index contributed by atoms with van der Waals surface area (Å²) in [7, 11) is 0. The fourth-order valence-electron chi connectivity index (χ4n) is 2.15. The highest BCUT2D eigenvalue weighted by molar-refractivity contribution is 7.13. The van der Waals surface area contributed by atoms with Crippen LogP contribution in [0.25, 0.3) is 10.6 Å². The summed E-state index contributed by atoms with van der Waals surface area (Å²) in [5.74, 6) is 0.297. The monoisotopic (exact) mass is 350 g/mol. The molecular formula is C15H18N4O4S. The Kier molecular flexibility index (Phi) is 7.21. The zero-order chi connectivity index (χ0) is 17.2. The number of amides is 1. The lowest BCUT2D eigenvalue weighted by molar-refractivity contribution is 0.0944. The Bertz CT molecular complexity index is 656. The summed E-state index contributed by atoms with van der Waals surface area (Å²) in [6.45, 7) is 0.435. The molecule has 2 aromatic heterocycles. The standard InChI is InChI=1S/C15H18N4O4S/c20-15(12-9-13(23-19-12)14-6-4-8-24-14)16-7-3-1-2-5-11(18-22)10-17-21/h4,6,8-9,11H,1-3,5,7,10H2,(H,16,20)/t11-/m0/s1. The van der Waals surface area contributed by atoms with Crippen LogP contribution in [0.15, 0.2) is 38.5 Å². The fourth-order valence-corrected chi connectivity index (χ4v) is 2.83. The molecular weight excluding hydrogens is 332 g/mol. The number of thiophene rings is 1. The Balaban J connectivity index is 1.65. The summed E-state index contributed by atoms with van der Waals surface area (Å²) >= 11 is 1.51. The van der Waals surface area contributed by atoms with Crippen LogP contribution >= 0.6 is 11.3 Å². The molecule has 8 nitrogen and oxygen atoms in total. The third-order valence-corrected chi connectivity index (χ3v) is 4.33. The van der Waals surface area contributed by atoms with E-state index in [2.05, 4.69) is 20.8 Å². The van der Waals surface area contributed by atoms with Gasteiger partial charge in [-0.05, 0) is 24.3 Å². The number of nitroso groups, excluding NO2 is 2. The van der Waals surface area contributed by atoms with Crippen LogP contribution in [-0.2, 0) is 0 Å². The predicted molar refractivity (Wildman–Crippen MR) is 90.9 cm³/mol. The average molecular weight is 350 g/mol. The van der Waals surface area contributed by atoms with Gasteiger partial charge in [0.25, 0.3) is 5.91 Å². The summed E-state index contributed by atoms with van der Waals surface area (Å²) in [6.07, 6.45) is 2.89. The molecule has 0 saturated carbocycles. The summed E-state index contributed by atoms with van der Waals surface area (Å²) in [5.41, 5.74) is 0.251. The zero-order valence-corrected chi connectivity index (χ0v) is 13.8. The Labute approximate surface area is 142 Å². The van der Waals surface area contributed by atoms with Gasteiger partial charge in [-0.2, -0.15) is 9.81 Å². The topological polar surface area (TPSA) is 114 Å². The molecule has 2 aromatic rings. The minimum absolute atomic E-state index is 0.0705. The van der Waals surface area contributed by atoms with E-state index < -0.39 is 6.04 Å². The van der Waals surface area contributed by atoms with Crippen molar-refractivity contribution in [1.29, 1.82) is 0 Å². The molecule has 0 fully saturated rings. The quantitative estimate of drug-likeness (QED) is 0.491. The molecule has 1 amide bonds. The van der Waals surface area contributed by atoms with Crippen LogP contribution in [0.1, 0.15) is 36.2 Å². The largest absolute Gasteiger partial charge is 0.355 e. The van der Waals surface area contributed by atoms with E-state index in [1.165, 1.54) is 11.3 Å². The maximum Gasteiger partial charge on any atom is 0.273 e. The number of aromatic nitrogens is 1. The van der Waals surface area contributed by atoms with Crippen LogP contribution < -0.4 is 5.32 Å². The van der Waals surface area contributed by atoms with Crippen LogP contribution in [0.5, 0.6) is 0 Å². The van der Waals surface area contributed by atoms with Crippen molar-refractivity contribution < 1.29 is 9.32 Å². The first-order chi connectivity index (χ1) is 11.7. The van der Waals surface area contributed by atoms with Crippen molar-refractivity contribution in [3.63, 3.8) is 0 Å². The van der Waals surface area contributed by atoms with Gasteiger partial charge in [0.2, 0.25) is 0 Å². The van der Waals surface area contributed by atoms with Gasteiger partial charge in [0.1, 0.15) is 12.6 Å². The van der Waals surface area contributed by atoms with E-state index in [9.17, 15) is 14.6 Å². The van der Waals surface area contributed by atoms with Crippen molar-refractivity contribution >= 4 is 17.2 Å². The molecule has 0 bridgehead atoms. The van der Waals surface area contributed by atoms with Crippen molar-refractivity contribution in [1.82, 2.24) is 10.5 Å². The highest BCUT2D eigenvalue weighted by Gasteiger charge is 2.13. The Morgan fingerprint density at radius 3 is 2.92 bits per heavy atom. The van der Waals surface area contributed by atoms with E-state index >= 15 is 0 Å². The molecule has 0 aliphatic carbocycles. The van der Waals surface area contributed by atoms with Gasteiger partial charge in [0.05, 0.1) is 4.88 Å². The number of carbonyl (C=O) groups excluding carboxylic acids is 1. The second kappa shape index (κ2) is 9.66. The Morgan fingerprint density at radius 2 is 2.21 bits per heavy atom. The van der Waals surface area contributed by atoms with Gasteiger partial charge in [0, 0.05) is 12.6 Å². The van der Waals surface area contributed by atoms with E-state index in [-0.39, 0.29) is 18.1 Å². The minimum atomic E-state index is -0.539. The number of unbranched alkanes of at least 4 members (excludes halogenated alkanes) is 2. The first-order valence-electron chi connectivity index (χ1n) is 7.65. The molecule has 0 aliphatic rings. The highest BCUT2D eigenvalue weighted by Crippen LogP contribution is 2.25. The average Bonchev–Trinajstić information content (AvgIpc) is 3.27. The lowest BCUT2D eigenvalue weighted by Gasteiger charge is -2.05. The fraction of sp³-hybridized carbons (Fsp3) is 0.467. The molecule has 0 aromatic carbocycles. The van der Waals surface area contributed by atoms with Crippen LogP contribution in [0, 0.1) is 9.81 Å². The van der Waals surface area contributed by atoms with Gasteiger partial charge in [-0.25, -0.2) is 0 Å². The summed E-state index contributed by atoms with van der Waals surface area (Å²) in [5, 5.41) is 14.0. The van der Waals surface area contributed by atoms with E-state index in [1.54, 1.807) is 6.07 Å². The van der Waals surface area contributed by atoms with Crippen molar-refractivity contribution in [2.45, 2.75) is 31.7 Å². The van der Waals surface area contributed by atoms with Crippen molar-refractivity contribution in [2.24, 2.45) is 10.4 Å². The smallest absolute Gasteiger partial charge is 0.273 e. The van der Waals surface area contributed by atoms with E-state index in [4.69, 9.17) is 4.52 Å². The van der Waals surface area contributed by atoms with Crippen molar-refractivity contribution in [2.75, 3.05) is 13.1 Å². The first-order valence-corrected chi connectivity index (χ1v) is 8.53. The lowest BCUT2D eigenvalue weighted by Crippen LogP contribution is -2.24. The third-order valence-electron chi connectivity index (χ3n) is 3.44.